The van der Waals surface area contributed by atoms with Gasteiger partial charge in [-0.05, 0) is 19.3 Å². The number of nitrogens with two attached hydrogens (primary N) is 1. The highest BCUT2D eigenvalue weighted by atomic mass is 32.1. The smallest absolute Gasteiger partial charge is 0.233 e. The second kappa shape index (κ2) is 5.59. The predicted octanol–water partition coefficient (Wildman–Crippen LogP) is 0.984. The van der Waals surface area contributed by atoms with Crippen LogP contribution in [0.4, 0.5) is 0 Å². The largest absolute Gasteiger partial charge is 0.392 e. The highest BCUT2D eigenvalue weighted by Crippen LogP contribution is 2.41. The number of hydrogen-bond donors (Lipinski definition) is 2. The molecular weight excluding hydrogens is 224 g/mol. The van der Waals surface area contributed by atoms with Crippen LogP contribution in [-0.2, 0) is 9.53 Å². The minimum absolute atomic E-state index is 0.0323. The molecule has 1 rings (SSSR count). The van der Waals surface area contributed by atoms with Crippen molar-refractivity contribution in [3.8, 4) is 0 Å². The Labute approximate surface area is 102 Å². The highest BCUT2D eigenvalue weighted by molar-refractivity contribution is 7.80. The molecule has 1 atom stereocenters. The van der Waals surface area contributed by atoms with Gasteiger partial charge in [0, 0.05) is 7.11 Å². The van der Waals surface area contributed by atoms with Crippen LogP contribution in [0.2, 0.25) is 0 Å². The second-order valence-corrected chi connectivity index (χ2v) is 4.77. The molecule has 3 N–H and O–H groups in total. The monoisotopic (exact) mass is 244 g/mol. The van der Waals surface area contributed by atoms with E-state index >= 15 is 0 Å². The number of hydrogen-bond acceptors (Lipinski definition) is 3. The average molecular weight is 244 g/mol. The summed E-state index contributed by atoms with van der Waals surface area (Å²) in [7, 11) is 1.63. The Morgan fingerprint density at radius 1 is 1.62 bits per heavy atom. The van der Waals surface area contributed by atoms with Crippen molar-refractivity contribution >= 4 is 23.1 Å². The van der Waals surface area contributed by atoms with Crippen molar-refractivity contribution in [3.63, 3.8) is 0 Å². The number of amides is 1. The zero-order valence-corrected chi connectivity index (χ0v) is 10.7. The van der Waals surface area contributed by atoms with Gasteiger partial charge in [0.1, 0.15) is 0 Å². The Morgan fingerprint density at radius 3 is 2.56 bits per heavy atom. The lowest BCUT2D eigenvalue weighted by molar-refractivity contribution is -0.132. The first-order valence-corrected chi connectivity index (χ1v) is 6.07. The summed E-state index contributed by atoms with van der Waals surface area (Å²) in [6, 6.07) is 0.0457. The van der Waals surface area contributed by atoms with E-state index < -0.39 is 5.41 Å². The van der Waals surface area contributed by atoms with E-state index in [1.165, 1.54) is 0 Å². The minimum Gasteiger partial charge on any atom is -0.392 e. The van der Waals surface area contributed by atoms with Gasteiger partial charge < -0.3 is 15.8 Å². The van der Waals surface area contributed by atoms with Gasteiger partial charge in [-0.1, -0.05) is 25.6 Å². The van der Waals surface area contributed by atoms with Crippen LogP contribution in [0, 0.1) is 5.41 Å². The van der Waals surface area contributed by atoms with Gasteiger partial charge in [0.05, 0.1) is 23.1 Å². The van der Waals surface area contributed by atoms with Gasteiger partial charge in [0.2, 0.25) is 5.91 Å². The standard InChI is InChI=1S/C11H20N2O2S/c1-3-8(7-15-2)13-10(14)11(9(12)16)5-4-6-11/h8H,3-7H2,1-2H3,(H2,12,16)(H,13,14). The average Bonchev–Trinajstić information content (AvgIpc) is 2.14. The van der Waals surface area contributed by atoms with Crippen LogP contribution >= 0.6 is 12.2 Å². The quantitative estimate of drug-likeness (QED) is 0.684. The summed E-state index contributed by atoms with van der Waals surface area (Å²) in [5.41, 5.74) is 5.08. The van der Waals surface area contributed by atoms with Crippen molar-refractivity contribution in [1.29, 1.82) is 0 Å². The molecule has 0 aromatic heterocycles. The number of methoxy groups -OCH3 is 1. The first-order valence-electron chi connectivity index (χ1n) is 5.66. The van der Waals surface area contributed by atoms with Crippen molar-refractivity contribution in [2.45, 2.75) is 38.6 Å². The van der Waals surface area contributed by atoms with E-state index in [-0.39, 0.29) is 11.9 Å². The molecule has 0 aromatic carbocycles. The molecule has 1 unspecified atom stereocenters. The lowest BCUT2D eigenvalue weighted by Gasteiger charge is -2.40. The van der Waals surface area contributed by atoms with E-state index in [1.807, 2.05) is 6.92 Å². The molecule has 1 aliphatic carbocycles. The van der Waals surface area contributed by atoms with E-state index in [0.717, 1.165) is 25.7 Å². The minimum atomic E-state index is -0.587. The lowest BCUT2D eigenvalue weighted by Crippen LogP contribution is -2.55. The van der Waals surface area contributed by atoms with E-state index in [4.69, 9.17) is 22.7 Å². The molecule has 16 heavy (non-hydrogen) atoms. The van der Waals surface area contributed by atoms with Gasteiger partial charge in [0.25, 0.3) is 0 Å². The van der Waals surface area contributed by atoms with Crippen molar-refractivity contribution in [1.82, 2.24) is 5.32 Å². The lowest BCUT2D eigenvalue weighted by atomic mass is 9.68. The third-order valence-electron chi connectivity index (χ3n) is 3.31. The number of ether oxygens (including phenoxy) is 1. The summed E-state index contributed by atoms with van der Waals surface area (Å²) in [5.74, 6) is -0.0323. The number of carbonyl (C=O) groups excluding carboxylic acids is 1. The molecule has 0 heterocycles. The summed E-state index contributed by atoms with van der Waals surface area (Å²) in [5, 5.41) is 2.96. The normalized spacial score (nSPS) is 19.6. The Kier molecular flexibility index (Phi) is 4.68. The maximum Gasteiger partial charge on any atom is 0.233 e. The summed E-state index contributed by atoms with van der Waals surface area (Å²) in [6.45, 7) is 2.54. The van der Waals surface area contributed by atoms with Gasteiger partial charge in [-0.15, -0.1) is 0 Å². The molecule has 1 aliphatic rings. The Balaban J connectivity index is 2.59. The maximum atomic E-state index is 12.1. The van der Waals surface area contributed by atoms with Gasteiger partial charge >= 0.3 is 0 Å². The summed E-state index contributed by atoms with van der Waals surface area (Å²) in [6.07, 6.45) is 3.41. The molecule has 0 aromatic rings. The third kappa shape index (κ3) is 2.52. The van der Waals surface area contributed by atoms with Gasteiger partial charge in [-0.25, -0.2) is 0 Å². The Hall–Kier alpha value is -0.680. The van der Waals surface area contributed by atoms with E-state index in [2.05, 4.69) is 5.32 Å². The number of thiocarbonyl (C=S) groups is 1. The van der Waals surface area contributed by atoms with Crippen molar-refractivity contribution in [2.24, 2.45) is 11.1 Å². The summed E-state index contributed by atoms with van der Waals surface area (Å²) in [4.78, 5) is 12.4. The topological polar surface area (TPSA) is 64.3 Å². The fraction of sp³-hybridized carbons (Fsp3) is 0.818. The molecule has 4 nitrogen and oxygen atoms in total. The van der Waals surface area contributed by atoms with Gasteiger partial charge in [-0.2, -0.15) is 0 Å². The number of nitrogens with one attached hydrogen (secondary N) is 1. The molecule has 0 saturated heterocycles. The summed E-state index contributed by atoms with van der Waals surface area (Å²) >= 11 is 5.00. The molecule has 1 fully saturated rings. The molecule has 0 bridgehead atoms. The van der Waals surface area contributed by atoms with Crippen LogP contribution in [0.5, 0.6) is 0 Å². The number of rotatable bonds is 6. The fourth-order valence-corrected chi connectivity index (χ4v) is 2.20. The number of carbonyl (C=O) groups is 1. The van der Waals surface area contributed by atoms with E-state index in [0.29, 0.717) is 11.6 Å². The van der Waals surface area contributed by atoms with Crippen molar-refractivity contribution in [3.05, 3.63) is 0 Å². The summed E-state index contributed by atoms with van der Waals surface area (Å²) < 4.78 is 5.04. The molecule has 1 saturated carbocycles. The van der Waals surface area contributed by atoms with Crippen LogP contribution in [0.15, 0.2) is 0 Å². The van der Waals surface area contributed by atoms with Crippen molar-refractivity contribution in [2.75, 3.05) is 13.7 Å². The SMILES string of the molecule is CCC(COC)NC(=O)C1(C(N)=S)CCC1. The highest BCUT2D eigenvalue weighted by Gasteiger charge is 2.47. The molecule has 92 valence electrons. The second-order valence-electron chi connectivity index (χ2n) is 4.33. The molecule has 0 aliphatic heterocycles. The Bertz CT molecular complexity index is 277. The van der Waals surface area contributed by atoms with Gasteiger partial charge in [-0.3, -0.25) is 4.79 Å². The first kappa shape index (κ1) is 13.4. The predicted molar refractivity (Wildman–Crippen MR) is 67.2 cm³/mol. The van der Waals surface area contributed by atoms with Crippen LogP contribution in [0.25, 0.3) is 0 Å². The fourth-order valence-electron chi connectivity index (χ4n) is 1.90. The zero-order valence-electron chi connectivity index (χ0n) is 9.91. The van der Waals surface area contributed by atoms with Crippen LogP contribution in [0.3, 0.4) is 0 Å². The molecule has 0 spiro atoms. The molecular formula is C11H20N2O2S. The first-order chi connectivity index (χ1) is 7.56. The van der Waals surface area contributed by atoms with E-state index in [9.17, 15) is 4.79 Å². The van der Waals surface area contributed by atoms with Crippen LogP contribution < -0.4 is 11.1 Å². The maximum absolute atomic E-state index is 12.1. The third-order valence-corrected chi connectivity index (χ3v) is 3.70. The molecule has 1 amide bonds. The van der Waals surface area contributed by atoms with Crippen LogP contribution in [0.1, 0.15) is 32.6 Å². The van der Waals surface area contributed by atoms with Crippen molar-refractivity contribution < 1.29 is 9.53 Å². The molecule has 0 radical (unpaired) electrons. The Morgan fingerprint density at radius 2 is 2.25 bits per heavy atom. The van der Waals surface area contributed by atoms with Crippen LogP contribution in [-0.4, -0.2) is 30.7 Å². The zero-order chi connectivity index (χ0) is 12.2. The molecule has 5 heteroatoms. The van der Waals surface area contributed by atoms with E-state index in [1.54, 1.807) is 7.11 Å². The van der Waals surface area contributed by atoms with Gasteiger partial charge in [0.15, 0.2) is 0 Å².